The number of nitrogens with zero attached hydrogens (tertiary/aromatic N) is 2. The number of hydrogen-bond donors (Lipinski definition) is 2. The first-order valence-electron chi connectivity index (χ1n) is 3.47. The van der Waals surface area contributed by atoms with Gasteiger partial charge in [0, 0.05) is 18.3 Å². The molecule has 1 unspecified atom stereocenters. The summed E-state index contributed by atoms with van der Waals surface area (Å²) in [5.41, 5.74) is 6.39. The molecule has 0 aromatic carbocycles. The van der Waals surface area contributed by atoms with Crippen LogP contribution in [0.2, 0.25) is 0 Å². The summed E-state index contributed by atoms with van der Waals surface area (Å²) in [7, 11) is 0. The van der Waals surface area contributed by atoms with Gasteiger partial charge in [-0.1, -0.05) is 6.92 Å². The highest BCUT2D eigenvalue weighted by atomic mass is 15.5. The fraction of sp³-hybridized carbons (Fsp3) is 0.429. The number of hydrazone groups is 1. The lowest BCUT2D eigenvalue weighted by Crippen LogP contribution is -2.30. The van der Waals surface area contributed by atoms with Crippen LogP contribution in [0.15, 0.2) is 16.9 Å². The largest absolute Gasteiger partial charge is 0.368 e. The van der Waals surface area contributed by atoms with Crippen molar-refractivity contribution < 1.29 is 0 Å². The molecule has 1 rings (SSSR count). The summed E-state index contributed by atoms with van der Waals surface area (Å²) in [6.07, 6.45) is 3.55. The highest BCUT2D eigenvalue weighted by Gasteiger charge is 2.10. The number of allylic oxidation sites excluding steroid dienone is 1. The molecule has 1 atom stereocenters. The molecule has 1 heterocycles. The van der Waals surface area contributed by atoms with Gasteiger partial charge >= 0.3 is 0 Å². The van der Waals surface area contributed by atoms with Gasteiger partial charge in [0.05, 0.1) is 0 Å². The number of nitrogens with two attached hydrogens (primary N) is 1. The molecule has 0 bridgehead atoms. The molecule has 0 amide bonds. The molecule has 60 valence electrons. The van der Waals surface area contributed by atoms with Gasteiger partial charge < -0.3 is 5.73 Å². The van der Waals surface area contributed by atoms with Crippen molar-refractivity contribution in [2.24, 2.45) is 16.8 Å². The lowest BCUT2D eigenvalue weighted by atomic mass is 10.1. The summed E-state index contributed by atoms with van der Waals surface area (Å²) < 4.78 is 0. The predicted octanol–water partition coefficient (Wildman–Crippen LogP) is 0.721. The molecule has 0 saturated heterocycles. The van der Waals surface area contributed by atoms with E-state index in [9.17, 15) is 0 Å². The summed E-state index contributed by atoms with van der Waals surface area (Å²) in [6, 6.07) is 0. The molecule has 0 aliphatic carbocycles. The molecule has 1 aliphatic heterocycles. The summed E-state index contributed by atoms with van der Waals surface area (Å²) in [6.45, 7) is 4.04. The first kappa shape index (κ1) is 7.78. The Morgan fingerprint density at radius 2 is 2.45 bits per heavy atom. The van der Waals surface area contributed by atoms with Crippen LogP contribution in [0.5, 0.6) is 0 Å². The van der Waals surface area contributed by atoms with Crippen LogP contribution in [0, 0.1) is 11.3 Å². The fourth-order valence-electron chi connectivity index (χ4n) is 0.765. The van der Waals surface area contributed by atoms with Crippen LogP contribution in [0.4, 0.5) is 0 Å². The van der Waals surface area contributed by atoms with Crippen LogP contribution < -0.4 is 5.73 Å². The van der Waals surface area contributed by atoms with Gasteiger partial charge in [-0.2, -0.15) is 5.10 Å². The van der Waals surface area contributed by atoms with E-state index in [1.165, 1.54) is 5.01 Å². The molecule has 4 heteroatoms. The average Bonchev–Trinajstić information content (AvgIpc) is 1.94. The molecule has 11 heavy (non-hydrogen) atoms. The van der Waals surface area contributed by atoms with E-state index in [0.717, 1.165) is 5.57 Å². The maximum Gasteiger partial charge on any atom is 0.213 e. The van der Waals surface area contributed by atoms with Gasteiger partial charge in [-0.3, -0.25) is 5.41 Å². The lowest BCUT2D eigenvalue weighted by Gasteiger charge is -2.19. The zero-order valence-electron chi connectivity index (χ0n) is 6.70. The minimum absolute atomic E-state index is 0.0486. The molecule has 0 aromatic heterocycles. The SMILES string of the molecule is CC1=CN(C(=N)N)N=CC1C. The fourth-order valence-corrected chi connectivity index (χ4v) is 0.765. The molecule has 4 nitrogen and oxygen atoms in total. The molecule has 0 fully saturated rings. The molecule has 0 aromatic rings. The van der Waals surface area contributed by atoms with Crippen LogP contribution in [0.3, 0.4) is 0 Å². The first-order chi connectivity index (χ1) is 5.11. The minimum Gasteiger partial charge on any atom is -0.368 e. The molecular weight excluding hydrogens is 140 g/mol. The van der Waals surface area contributed by atoms with E-state index in [2.05, 4.69) is 5.10 Å². The standard InChI is InChI=1S/C7H12N4/c1-5-3-10-11(7(8)9)4-6(5)2/h3-5H,1-2H3,(H3,8,9). The van der Waals surface area contributed by atoms with Crippen LogP contribution in [-0.4, -0.2) is 17.2 Å². The second-order valence-electron chi connectivity index (χ2n) is 2.66. The third kappa shape index (κ3) is 1.58. The highest BCUT2D eigenvalue weighted by molar-refractivity contribution is 5.78. The Morgan fingerprint density at radius 3 is 2.91 bits per heavy atom. The first-order valence-corrected chi connectivity index (χ1v) is 3.47. The number of nitrogens with one attached hydrogen (secondary N) is 1. The van der Waals surface area contributed by atoms with E-state index in [1.807, 2.05) is 13.8 Å². The normalized spacial score (nSPS) is 23.3. The Kier molecular flexibility index (Phi) is 1.94. The van der Waals surface area contributed by atoms with Crippen molar-refractivity contribution in [3.63, 3.8) is 0 Å². The van der Waals surface area contributed by atoms with Crippen LogP contribution >= 0.6 is 0 Å². The maximum absolute atomic E-state index is 7.09. The summed E-state index contributed by atoms with van der Waals surface area (Å²) in [4.78, 5) is 0. The lowest BCUT2D eigenvalue weighted by molar-refractivity contribution is 0.560. The zero-order chi connectivity index (χ0) is 8.43. The predicted molar refractivity (Wildman–Crippen MR) is 45.2 cm³/mol. The summed E-state index contributed by atoms with van der Waals surface area (Å²) in [5, 5.41) is 12.4. The Labute approximate surface area is 65.9 Å². The second-order valence-corrected chi connectivity index (χ2v) is 2.66. The summed E-state index contributed by atoms with van der Waals surface area (Å²) >= 11 is 0. The van der Waals surface area contributed by atoms with E-state index in [0.29, 0.717) is 5.92 Å². The van der Waals surface area contributed by atoms with Crippen LogP contribution in [0.25, 0.3) is 0 Å². The molecule has 1 aliphatic rings. The molecule has 0 saturated carbocycles. The van der Waals surface area contributed by atoms with Crippen molar-refractivity contribution in [3.8, 4) is 0 Å². The third-order valence-corrected chi connectivity index (χ3v) is 1.71. The van der Waals surface area contributed by atoms with Crippen molar-refractivity contribution in [2.75, 3.05) is 0 Å². The quantitative estimate of drug-likeness (QED) is 0.397. The van der Waals surface area contributed by atoms with E-state index in [-0.39, 0.29) is 5.96 Å². The zero-order valence-corrected chi connectivity index (χ0v) is 6.70. The van der Waals surface area contributed by atoms with Crippen molar-refractivity contribution in [1.82, 2.24) is 5.01 Å². The average molecular weight is 152 g/mol. The van der Waals surface area contributed by atoms with Gasteiger partial charge in [0.15, 0.2) is 0 Å². The monoisotopic (exact) mass is 152 g/mol. The van der Waals surface area contributed by atoms with Gasteiger partial charge in [-0.05, 0) is 12.5 Å². The van der Waals surface area contributed by atoms with Gasteiger partial charge in [0.1, 0.15) is 0 Å². The van der Waals surface area contributed by atoms with E-state index in [4.69, 9.17) is 11.1 Å². The Morgan fingerprint density at radius 1 is 1.82 bits per heavy atom. The maximum atomic E-state index is 7.09. The van der Waals surface area contributed by atoms with E-state index < -0.39 is 0 Å². The topological polar surface area (TPSA) is 65.5 Å². The Balaban J connectivity index is 2.77. The number of rotatable bonds is 0. The van der Waals surface area contributed by atoms with Crippen molar-refractivity contribution >= 4 is 12.2 Å². The van der Waals surface area contributed by atoms with Crippen molar-refractivity contribution in [1.29, 1.82) is 5.41 Å². The van der Waals surface area contributed by atoms with Gasteiger partial charge in [-0.25, -0.2) is 5.01 Å². The minimum atomic E-state index is -0.0486. The second kappa shape index (κ2) is 2.74. The molecular formula is C7H12N4. The molecule has 0 radical (unpaired) electrons. The summed E-state index contributed by atoms with van der Waals surface area (Å²) in [5.74, 6) is 0.304. The molecule has 3 N–H and O–H groups in total. The molecule has 0 spiro atoms. The Hall–Kier alpha value is -1.32. The number of hydrogen-bond acceptors (Lipinski definition) is 2. The smallest absolute Gasteiger partial charge is 0.213 e. The van der Waals surface area contributed by atoms with Gasteiger partial charge in [0.25, 0.3) is 0 Å². The van der Waals surface area contributed by atoms with Crippen molar-refractivity contribution in [2.45, 2.75) is 13.8 Å². The van der Waals surface area contributed by atoms with Crippen LogP contribution in [-0.2, 0) is 0 Å². The van der Waals surface area contributed by atoms with E-state index >= 15 is 0 Å². The van der Waals surface area contributed by atoms with Gasteiger partial charge in [-0.15, -0.1) is 0 Å². The number of guanidine groups is 1. The Bertz CT molecular complexity index is 229. The van der Waals surface area contributed by atoms with E-state index in [1.54, 1.807) is 12.4 Å². The van der Waals surface area contributed by atoms with Gasteiger partial charge in [0.2, 0.25) is 5.96 Å². The highest BCUT2D eigenvalue weighted by Crippen LogP contribution is 2.13. The van der Waals surface area contributed by atoms with Crippen molar-refractivity contribution in [3.05, 3.63) is 11.8 Å². The van der Waals surface area contributed by atoms with Crippen LogP contribution in [0.1, 0.15) is 13.8 Å². The third-order valence-electron chi connectivity index (χ3n) is 1.71.